The largest absolute Gasteiger partial charge is 0.481 e. The summed E-state index contributed by atoms with van der Waals surface area (Å²) in [7, 11) is 0. The van der Waals surface area contributed by atoms with Crippen LogP contribution in [0.2, 0.25) is 0 Å². The smallest absolute Gasteiger partial charge is 0.422 e. The van der Waals surface area contributed by atoms with Gasteiger partial charge in [0.25, 0.3) is 5.89 Å². The number of nitrogens with zero attached hydrogens (tertiary/aromatic N) is 4. The van der Waals surface area contributed by atoms with Gasteiger partial charge in [0.15, 0.2) is 0 Å². The monoisotopic (exact) mass is 542 g/mol. The van der Waals surface area contributed by atoms with E-state index in [1.54, 1.807) is 42.5 Å². The molecule has 1 saturated heterocycles. The van der Waals surface area contributed by atoms with Crippen LogP contribution in [0, 0.1) is 5.92 Å². The van der Waals surface area contributed by atoms with Crippen molar-refractivity contribution in [3.05, 3.63) is 65.7 Å². The van der Waals surface area contributed by atoms with Gasteiger partial charge in [-0.3, -0.25) is 4.79 Å². The number of aliphatic carboxylic acids is 1. The number of piperidine rings is 1. The quantitative estimate of drug-likeness (QED) is 0.305. The Morgan fingerprint density at radius 1 is 1.05 bits per heavy atom. The maximum atomic E-state index is 14.0. The van der Waals surface area contributed by atoms with Crippen molar-refractivity contribution in [2.45, 2.75) is 31.5 Å². The number of aliphatic hydroxyl groups excluding tert-OH is 1. The van der Waals surface area contributed by atoms with E-state index in [-0.39, 0.29) is 29.4 Å². The first-order chi connectivity index (χ1) is 18.7. The molecule has 0 radical (unpaired) electrons. The summed E-state index contributed by atoms with van der Waals surface area (Å²) in [6, 6.07) is 14.5. The molecule has 39 heavy (non-hydrogen) atoms. The minimum Gasteiger partial charge on any atom is -0.481 e. The van der Waals surface area contributed by atoms with Crippen LogP contribution in [0.5, 0.6) is 0 Å². The predicted molar refractivity (Wildman–Crippen MR) is 132 cm³/mol. The molecule has 2 aromatic heterocycles. The van der Waals surface area contributed by atoms with E-state index in [2.05, 4.69) is 20.2 Å². The van der Waals surface area contributed by atoms with Crippen LogP contribution >= 0.6 is 0 Å². The number of hydrogen-bond donors (Lipinski definition) is 2. The van der Waals surface area contributed by atoms with Gasteiger partial charge in [-0.25, -0.2) is 0 Å². The molecule has 0 aliphatic carbocycles. The molecule has 3 heterocycles. The van der Waals surface area contributed by atoms with Crippen LogP contribution in [0.3, 0.4) is 0 Å². The molecule has 0 bridgehead atoms. The number of hydrogen-bond acceptors (Lipinski definition) is 8. The van der Waals surface area contributed by atoms with E-state index < -0.39 is 35.5 Å². The topological polar surface area (TPSA) is 126 Å². The summed E-state index contributed by atoms with van der Waals surface area (Å²) in [6.45, 7) is 1.75. The lowest BCUT2D eigenvalue weighted by Crippen LogP contribution is -2.38. The third-order valence-electron chi connectivity index (χ3n) is 6.69. The molecular weight excluding hydrogens is 517 g/mol. The number of rotatable bonds is 8. The number of likely N-dealkylation sites (tertiary alicyclic amines) is 1. The number of benzene rings is 2. The molecule has 1 aliphatic heterocycles. The Kier molecular flexibility index (Phi) is 7.49. The zero-order valence-corrected chi connectivity index (χ0v) is 20.6. The number of aliphatic hydroxyl groups is 1. The Labute approximate surface area is 220 Å². The van der Waals surface area contributed by atoms with Gasteiger partial charge in [0.2, 0.25) is 11.6 Å². The summed E-state index contributed by atoms with van der Waals surface area (Å²) < 4.78 is 52.0. The molecule has 2 atom stereocenters. The standard InChI is InChI=1S/C27H25F3N4O5/c28-27(29,30)22-23(18-6-2-1-3-7-18)32-38-24(22)26-31-25(33-39-26)19-10-8-17(9-11-19)20(35)15-34-12-4-5-16(14-34)13-21(36)37/h1-3,6-11,16,20,35H,4-5,12-15H2,(H,36,37)/t16-,20+/m1/s1. The normalized spacial score (nSPS) is 17.3. The van der Waals surface area contributed by atoms with E-state index in [1.807, 2.05) is 0 Å². The van der Waals surface area contributed by atoms with E-state index in [4.69, 9.17) is 14.2 Å². The van der Waals surface area contributed by atoms with Crippen LogP contribution in [-0.4, -0.2) is 56.0 Å². The number of aromatic nitrogens is 3. The van der Waals surface area contributed by atoms with E-state index in [9.17, 15) is 23.1 Å². The van der Waals surface area contributed by atoms with Gasteiger partial charge in [0.05, 0.1) is 6.10 Å². The molecule has 1 aliphatic rings. The molecule has 0 saturated carbocycles. The van der Waals surface area contributed by atoms with E-state index in [1.165, 1.54) is 12.1 Å². The Hall–Kier alpha value is -4.03. The zero-order chi connectivity index (χ0) is 27.6. The molecule has 12 heteroatoms. The van der Waals surface area contributed by atoms with Crippen molar-refractivity contribution < 1.29 is 37.2 Å². The highest BCUT2D eigenvalue weighted by molar-refractivity contribution is 5.71. The molecular formula is C27H25F3N4O5. The molecule has 0 spiro atoms. The summed E-state index contributed by atoms with van der Waals surface area (Å²) >= 11 is 0. The first-order valence-corrected chi connectivity index (χ1v) is 12.4. The third-order valence-corrected chi connectivity index (χ3v) is 6.69. The summed E-state index contributed by atoms with van der Waals surface area (Å²) in [6.07, 6.45) is -3.75. The fourth-order valence-electron chi connectivity index (χ4n) is 4.86. The van der Waals surface area contributed by atoms with Crippen molar-refractivity contribution in [3.63, 3.8) is 0 Å². The molecule has 204 valence electrons. The SMILES string of the molecule is O=C(O)C[C@H]1CCCN(C[C@H](O)c2ccc(-c3noc(-c4onc(-c5ccccc5)c4C(F)(F)F)n3)cc2)C1. The van der Waals surface area contributed by atoms with Crippen molar-refractivity contribution in [1.82, 2.24) is 20.2 Å². The number of alkyl halides is 3. The first kappa shape index (κ1) is 26.6. The van der Waals surface area contributed by atoms with Crippen LogP contribution in [0.25, 0.3) is 34.3 Å². The maximum Gasteiger partial charge on any atom is 0.422 e. The Bertz CT molecular complexity index is 1420. The lowest BCUT2D eigenvalue weighted by molar-refractivity contribution is -0.139. The summed E-state index contributed by atoms with van der Waals surface area (Å²) in [5.41, 5.74) is -0.151. The molecule has 1 fully saturated rings. The Morgan fingerprint density at radius 2 is 1.79 bits per heavy atom. The van der Waals surface area contributed by atoms with Crippen molar-refractivity contribution in [1.29, 1.82) is 0 Å². The fraction of sp³-hybridized carbons (Fsp3) is 0.333. The van der Waals surface area contributed by atoms with Gasteiger partial charge in [-0.15, -0.1) is 0 Å². The lowest BCUT2D eigenvalue weighted by Gasteiger charge is -2.33. The molecule has 0 amide bonds. The van der Waals surface area contributed by atoms with Crippen LogP contribution in [-0.2, 0) is 11.0 Å². The van der Waals surface area contributed by atoms with Gasteiger partial charge < -0.3 is 24.2 Å². The zero-order valence-electron chi connectivity index (χ0n) is 20.6. The number of β-amino-alcohol motifs (C(OH)–C–C–N with tert-alkyl or cyclic N) is 1. The molecule has 2 N–H and O–H groups in total. The summed E-state index contributed by atoms with van der Waals surface area (Å²) in [5.74, 6) is -1.85. The van der Waals surface area contributed by atoms with E-state index >= 15 is 0 Å². The van der Waals surface area contributed by atoms with Crippen molar-refractivity contribution in [2.75, 3.05) is 19.6 Å². The minimum absolute atomic E-state index is 0.0457. The second kappa shape index (κ2) is 11.0. The number of halogens is 3. The van der Waals surface area contributed by atoms with Gasteiger partial charge >= 0.3 is 12.1 Å². The number of carboxylic acid groups (broad SMARTS) is 1. The minimum atomic E-state index is -4.78. The van der Waals surface area contributed by atoms with Crippen molar-refractivity contribution in [2.24, 2.45) is 5.92 Å². The average molecular weight is 543 g/mol. The average Bonchev–Trinajstić information content (AvgIpc) is 3.57. The molecule has 4 aromatic rings. The second-order valence-electron chi connectivity index (χ2n) is 9.53. The Morgan fingerprint density at radius 3 is 2.49 bits per heavy atom. The number of carbonyl (C=O) groups is 1. The fourth-order valence-corrected chi connectivity index (χ4v) is 4.86. The van der Waals surface area contributed by atoms with E-state index in [0.717, 1.165) is 19.4 Å². The number of carboxylic acids is 1. The highest BCUT2D eigenvalue weighted by atomic mass is 19.4. The van der Waals surface area contributed by atoms with Crippen molar-refractivity contribution >= 4 is 5.97 Å². The first-order valence-electron chi connectivity index (χ1n) is 12.4. The van der Waals surface area contributed by atoms with Crippen LogP contribution in [0.1, 0.15) is 36.5 Å². The maximum absolute atomic E-state index is 14.0. The third kappa shape index (κ3) is 6.02. The van der Waals surface area contributed by atoms with Gasteiger partial charge in [-0.2, -0.15) is 18.2 Å². The Balaban J connectivity index is 1.31. The predicted octanol–water partition coefficient (Wildman–Crippen LogP) is 5.30. The summed E-state index contributed by atoms with van der Waals surface area (Å²) in [4.78, 5) is 17.2. The second-order valence-corrected chi connectivity index (χ2v) is 9.53. The van der Waals surface area contributed by atoms with Gasteiger partial charge in [0.1, 0.15) is 11.3 Å². The van der Waals surface area contributed by atoms with Crippen molar-refractivity contribution in [3.8, 4) is 34.3 Å². The molecule has 5 rings (SSSR count). The highest BCUT2D eigenvalue weighted by Crippen LogP contribution is 2.43. The van der Waals surface area contributed by atoms with Crippen LogP contribution in [0.15, 0.2) is 63.6 Å². The van der Waals surface area contributed by atoms with E-state index in [0.29, 0.717) is 24.2 Å². The van der Waals surface area contributed by atoms with Gasteiger partial charge in [-0.1, -0.05) is 64.9 Å². The van der Waals surface area contributed by atoms with Gasteiger partial charge in [-0.05, 0) is 30.9 Å². The molecule has 0 unspecified atom stereocenters. The summed E-state index contributed by atoms with van der Waals surface area (Å²) in [5, 5.41) is 27.2. The molecule has 2 aromatic carbocycles. The van der Waals surface area contributed by atoms with Crippen LogP contribution in [0.4, 0.5) is 13.2 Å². The van der Waals surface area contributed by atoms with Gasteiger partial charge in [0, 0.05) is 30.6 Å². The molecule has 9 nitrogen and oxygen atoms in total. The lowest BCUT2D eigenvalue weighted by atomic mass is 9.94. The van der Waals surface area contributed by atoms with Crippen LogP contribution < -0.4 is 0 Å². The highest BCUT2D eigenvalue weighted by Gasteiger charge is 2.43.